The Hall–Kier alpha value is -10.3. The number of fused-ring (bicyclic) bond motifs is 3. The molecule has 6 aromatic rings. The number of anilines is 3. The Labute approximate surface area is 686 Å². The summed E-state index contributed by atoms with van der Waals surface area (Å²) in [6, 6.07) is 22.7. The molecule has 0 saturated carbocycles. The largest absolute Gasteiger partial charge is 0.396 e. The highest BCUT2D eigenvalue weighted by Crippen LogP contribution is 2.34. The van der Waals surface area contributed by atoms with Gasteiger partial charge in [-0.2, -0.15) is 94.8 Å². The molecule has 6 amide bonds. The van der Waals surface area contributed by atoms with Crippen molar-refractivity contribution in [2.45, 2.75) is 165 Å². The fourth-order valence-electron chi connectivity index (χ4n) is 10.8. The quantitative estimate of drug-likeness (QED) is 0.0158. The molecule has 3 aliphatic heterocycles. The van der Waals surface area contributed by atoms with Crippen LogP contribution in [-0.2, 0) is 0 Å². The fraction of sp³-hybridized carbons (Fsp3) is 0.440. The van der Waals surface area contributed by atoms with Crippen LogP contribution in [-0.4, -0.2) is 164 Å². The molecular weight excluding hydrogens is 1710 g/mol. The van der Waals surface area contributed by atoms with Crippen molar-refractivity contribution in [2.75, 3.05) is 48.7 Å². The van der Waals surface area contributed by atoms with Gasteiger partial charge in [0.25, 0.3) is 35.4 Å². The molecule has 0 unspecified atom stereocenters. The van der Waals surface area contributed by atoms with Crippen LogP contribution in [0, 0.1) is 63.3 Å². The lowest BCUT2D eigenvalue weighted by atomic mass is 10.0. The van der Waals surface area contributed by atoms with Gasteiger partial charge in [0.05, 0.1) is 50.1 Å². The fourth-order valence-corrected chi connectivity index (χ4v) is 11.3. The van der Waals surface area contributed by atoms with Crippen LogP contribution < -0.4 is 27.4 Å². The van der Waals surface area contributed by atoms with E-state index in [2.05, 4.69) is 30.9 Å². The van der Waals surface area contributed by atoms with Crippen molar-refractivity contribution in [3.05, 3.63) is 174 Å². The van der Waals surface area contributed by atoms with E-state index >= 15 is 0 Å². The number of nitrogens with one attached hydrogen (secondary N) is 3. The number of aliphatic hydroxyl groups is 1. The Bertz CT molecular complexity index is 4360. The maximum Gasteiger partial charge on any atom is 0.389 e. The molecule has 0 aliphatic carbocycles. The van der Waals surface area contributed by atoms with E-state index in [4.69, 9.17) is 67.2 Å². The van der Waals surface area contributed by atoms with Crippen LogP contribution in [0.5, 0.6) is 0 Å². The number of halogens is 24. The van der Waals surface area contributed by atoms with E-state index in [0.717, 1.165) is 32.9 Å². The molecule has 120 heavy (non-hydrogen) atoms. The molecule has 0 bridgehead atoms. The molecule has 21 nitrogen and oxygen atoms in total. The Morgan fingerprint density at radius 2 is 0.658 bits per heavy atom. The van der Waals surface area contributed by atoms with Crippen molar-refractivity contribution in [1.29, 1.82) is 15.8 Å². The number of nitrogens with two attached hydrogens (primary N) is 2. The number of hydrogen-bond acceptors (Lipinski definition) is 18. The summed E-state index contributed by atoms with van der Waals surface area (Å²) in [6.45, 7) is 3.94. The van der Waals surface area contributed by atoms with Crippen molar-refractivity contribution in [3.8, 4) is 18.2 Å². The van der Waals surface area contributed by atoms with Gasteiger partial charge in [-0.15, -0.1) is 0 Å². The number of hydrogen-bond donors (Lipinski definition) is 6. The van der Waals surface area contributed by atoms with Gasteiger partial charge in [0.1, 0.15) is 33.7 Å². The first-order valence-corrected chi connectivity index (χ1v) is 36.7. The zero-order valence-corrected chi connectivity index (χ0v) is 65.3. The number of pyridine rings is 3. The molecule has 6 atom stereocenters. The van der Waals surface area contributed by atoms with Gasteiger partial charge in [0.2, 0.25) is 0 Å². The first-order chi connectivity index (χ1) is 55.7. The zero-order chi connectivity index (χ0) is 90.8. The number of benzene rings is 3. The third kappa shape index (κ3) is 33.7. The Morgan fingerprint density at radius 3 is 0.942 bits per heavy atom. The summed E-state index contributed by atoms with van der Waals surface area (Å²) >= 11 is 17.1. The molecule has 8 N–H and O–H groups in total. The molecule has 3 aromatic carbocycles. The van der Waals surface area contributed by atoms with E-state index in [1.807, 2.05) is 0 Å². The van der Waals surface area contributed by atoms with Gasteiger partial charge >= 0.3 is 37.1 Å². The van der Waals surface area contributed by atoms with Gasteiger partial charge in [0, 0.05) is 95.5 Å². The lowest BCUT2D eigenvalue weighted by Crippen LogP contribution is -2.41. The van der Waals surface area contributed by atoms with Crippen LogP contribution in [0.3, 0.4) is 0 Å². The maximum absolute atomic E-state index is 14.2. The van der Waals surface area contributed by atoms with Crippen molar-refractivity contribution in [1.82, 2.24) is 29.7 Å². The summed E-state index contributed by atoms with van der Waals surface area (Å²) in [7, 11) is 0. The number of nitriles is 3. The number of aliphatic hydroxyl groups excluding tert-OH is 1. The van der Waals surface area contributed by atoms with Gasteiger partial charge in [-0.05, 0) is 111 Å². The normalized spacial score (nSPS) is 14.7. The first kappa shape index (κ1) is 102. The number of carbonyl (C=O) groups excluding carboxylic acids is 6. The van der Waals surface area contributed by atoms with Crippen molar-refractivity contribution >= 4 is 87.7 Å². The molecule has 9 rings (SSSR count). The minimum absolute atomic E-state index is 0.0139. The second-order valence-corrected chi connectivity index (χ2v) is 27.9. The van der Waals surface area contributed by atoms with Crippen LogP contribution in [0.2, 0.25) is 15.5 Å². The topological polar surface area (TPSA) is 331 Å². The van der Waals surface area contributed by atoms with Crippen molar-refractivity contribution in [2.24, 2.45) is 23.3 Å². The smallest absolute Gasteiger partial charge is 0.389 e. The predicted molar refractivity (Wildman–Crippen MR) is 394 cm³/mol. The summed E-state index contributed by atoms with van der Waals surface area (Å²) in [5, 5.41) is 41.3. The number of alkyl halides is 18. The molecule has 654 valence electrons. The minimum Gasteiger partial charge on any atom is -0.396 e. The van der Waals surface area contributed by atoms with Crippen molar-refractivity contribution < 1.29 is 126 Å². The van der Waals surface area contributed by atoms with E-state index in [9.17, 15) is 121 Å². The predicted octanol–water partition coefficient (Wildman–Crippen LogP) is 18.4. The van der Waals surface area contributed by atoms with Crippen molar-refractivity contribution in [3.63, 3.8) is 0 Å². The van der Waals surface area contributed by atoms with Crippen LogP contribution in [0.15, 0.2) is 91.0 Å². The average Bonchev–Trinajstić information content (AvgIpc) is 1.64. The molecule has 6 heterocycles. The molecule has 0 radical (unpaired) electrons. The van der Waals surface area contributed by atoms with Gasteiger partial charge in [0.15, 0.2) is 34.9 Å². The van der Waals surface area contributed by atoms with E-state index in [1.165, 1.54) is 24.3 Å². The number of carbonyl (C=O) groups is 6. The number of rotatable bonds is 27. The molecular formula is C75H74Cl3F21N14O7. The summed E-state index contributed by atoms with van der Waals surface area (Å²) in [5.74, 6) is -7.57. The molecule has 0 fully saturated rings. The number of nitrogens with zero attached hydrogens (tertiary/aromatic N) is 9. The first-order valence-electron chi connectivity index (χ1n) is 35.6. The lowest BCUT2D eigenvalue weighted by Gasteiger charge is -2.25. The maximum atomic E-state index is 14.2. The number of imide groups is 3. The molecule has 0 spiro atoms. The Balaban J connectivity index is 0.000000309. The van der Waals surface area contributed by atoms with Gasteiger partial charge in [-0.3, -0.25) is 43.5 Å². The summed E-state index contributed by atoms with van der Waals surface area (Å²) < 4.78 is 260. The number of aromatic nitrogens is 3. The average molecular weight is 1790 g/mol. The Kier molecular flexibility index (Phi) is 38.6. The van der Waals surface area contributed by atoms with Crippen LogP contribution in [0.4, 0.5) is 110 Å². The van der Waals surface area contributed by atoms with Gasteiger partial charge < -0.3 is 32.5 Å². The lowest BCUT2D eigenvalue weighted by molar-refractivity contribution is -0.138. The zero-order valence-electron chi connectivity index (χ0n) is 63.0. The van der Waals surface area contributed by atoms with E-state index in [-0.39, 0.29) is 136 Å². The Morgan fingerprint density at radius 1 is 0.408 bits per heavy atom. The SMILES string of the molecule is CC[C@@H](CCC(F)(F)F)Nc1nc(Cl)c(C#N)cc1F.C[C@@H](CO)CCC(F)(F)F.C[C@H](CCC(F)(F)F)CN1C(=O)c2ccccc2C1=O.N#Cc1cc(F)c(N[C@@H](CN)CCC(F)(F)F)nc1Cl.N#Cc1cc(F)c(N[C@H](CCC(F)(F)F)CN2C(=O)c3ccccc3C2=O)nc1Cl.N[C@H](CCC(F)(F)F)CN1C(=O)c2ccccc2C1=O. The minimum atomic E-state index is -4.50. The third-order valence-electron chi connectivity index (χ3n) is 17.2. The summed E-state index contributed by atoms with van der Waals surface area (Å²) in [4.78, 5) is 86.7. The van der Waals surface area contributed by atoms with Gasteiger partial charge in [-0.25, -0.2) is 28.1 Å². The van der Waals surface area contributed by atoms with Crippen LogP contribution >= 0.6 is 34.8 Å². The molecule has 0 saturated heterocycles. The highest BCUT2D eigenvalue weighted by molar-refractivity contribution is 6.31. The monoisotopic (exact) mass is 1790 g/mol. The molecule has 3 aliphatic rings. The second-order valence-electron chi connectivity index (χ2n) is 26.9. The van der Waals surface area contributed by atoms with E-state index < -0.39 is 171 Å². The standard InChI is InChI=1S/C19H13ClF4N4O2.C14H14F3NO2.C13H13F3N2O2.C12H12ClF4N3.C11H11ClF4N4.C6H11F3O/c20-15-10(8-25)7-14(21)16(27-15)26-11(5-6-19(22,23)24)9-28-17(29)12-3-1-2-4-13(12)18(28)30;1-9(6-7-14(15,16)17)8-18-12(19)10-4-2-3-5-11(10)13(18)20;14-13(15,16)6-5-8(17)7-18-11(19)9-3-1-2-4-10(9)12(18)20;1-2-8(3-4-12(15,16)17)19-11-9(14)5-7(6-18)10(13)20-11;12-9-6(4-17)3-8(13)10(20-9)19-7(5-18)1-2-11(14,15)16;1-5(4-10)2-3-6(7,8)9/h1-4,7,11H,5-6,9H2,(H,26,27);2-5,9H,6-8H2,1H3;1-4,8H,5-7,17H2;5,8H,2-4H2,1H3,(H,19,20);3,7H,1-2,5,18H2,(H,19,20);5,10H,2-4H2,1H3/t11-;9-;2*8-;7-;5-/m111011/s1. The van der Waals surface area contributed by atoms with E-state index in [1.54, 1.807) is 87.5 Å². The van der Waals surface area contributed by atoms with Crippen LogP contribution in [0.1, 0.15) is 183 Å². The van der Waals surface area contributed by atoms with Crippen LogP contribution in [0.25, 0.3) is 0 Å². The second kappa shape index (κ2) is 45.4. The summed E-state index contributed by atoms with van der Waals surface area (Å²) in [6.07, 6.45) is -32.8. The third-order valence-corrected chi connectivity index (χ3v) is 18.0. The molecule has 45 heteroatoms. The van der Waals surface area contributed by atoms with Gasteiger partial charge in [-0.1, -0.05) is 92.0 Å². The highest BCUT2D eigenvalue weighted by Gasteiger charge is 2.41. The highest BCUT2D eigenvalue weighted by atomic mass is 35.5. The number of amides is 6. The van der Waals surface area contributed by atoms with E-state index in [0.29, 0.717) is 17.5 Å². The molecule has 3 aromatic heterocycles. The summed E-state index contributed by atoms with van der Waals surface area (Å²) in [5.41, 5.74) is 11.8.